The lowest BCUT2D eigenvalue weighted by molar-refractivity contribution is -0.137. The molecule has 0 atom stereocenters. The van der Waals surface area contributed by atoms with Crippen molar-refractivity contribution in [1.82, 2.24) is 9.55 Å². The molecule has 0 bridgehead atoms. The molecule has 10 heavy (non-hydrogen) atoms. The molecule has 0 spiro atoms. The van der Waals surface area contributed by atoms with E-state index in [2.05, 4.69) is 4.98 Å². The van der Waals surface area contributed by atoms with Gasteiger partial charge in [-0.3, -0.25) is 4.79 Å². The van der Waals surface area contributed by atoms with Gasteiger partial charge in [-0.1, -0.05) is 0 Å². The van der Waals surface area contributed by atoms with Crippen LogP contribution in [0, 0.1) is 0 Å². The highest BCUT2D eigenvalue weighted by Gasteiger charge is 1.94. The van der Waals surface area contributed by atoms with E-state index in [0.717, 1.165) is 0 Å². The molecule has 1 aromatic rings. The Labute approximate surface area is 69.8 Å². The van der Waals surface area contributed by atoms with E-state index in [1.807, 2.05) is 0 Å². The van der Waals surface area contributed by atoms with E-state index in [1.165, 1.54) is 10.9 Å². The molecule has 0 aliphatic heterocycles. The number of nitrogens with zero attached hydrogens (tertiary/aromatic N) is 2. The lowest BCUT2D eigenvalue weighted by atomic mass is 10.6. The lowest BCUT2D eigenvalue weighted by Gasteiger charge is -1.91. The first kappa shape index (κ1) is 9.16. The molecule has 0 aliphatic carbocycles. The van der Waals surface area contributed by atoms with Gasteiger partial charge in [0.15, 0.2) is 0 Å². The molecule has 1 heterocycles. The minimum atomic E-state index is -0.854. The fourth-order valence-corrected chi connectivity index (χ4v) is 0.536. The number of hydrogen-bond donors (Lipinski definition) is 1. The van der Waals surface area contributed by atoms with Crippen molar-refractivity contribution >= 4 is 5.97 Å². The molecular formula is C5H7BrN2O2. The Morgan fingerprint density at radius 2 is 2.50 bits per heavy atom. The smallest absolute Gasteiger partial charge is 1.00 e. The maximum atomic E-state index is 10.0. The van der Waals surface area contributed by atoms with Crippen LogP contribution >= 0.6 is 0 Å². The molecule has 0 fully saturated rings. The summed E-state index contributed by atoms with van der Waals surface area (Å²) in [6.45, 7) is -0.0139. The fourth-order valence-electron chi connectivity index (χ4n) is 0.536. The Hall–Kier alpha value is -0.840. The monoisotopic (exact) mass is 206 g/mol. The van der Waals surface area contributed by atoms with Crippen LogP contribution in [0.4, 0.5) is 0 Å². The molecule has 5 heteroatoms. The topological polar surface area (TPSA) is 55.1 Å². The van der Waals surface area contributed by atoms with E-state index in [-0.39, 0.29) is 25.0 Å². The minimum absolute atomic E-state index is 0. The zero-order valence-corrected chi connectivity index (χ0v) is 6.65. The average Bonchev–Trinajstić information content (AvgIpc) is 2.15. The van der Waals surface area contributed by atoms with E-state index in [0.29, 0.717) is 0 Å². The quantitative estimate of drug-likeness (QED) is 0.565. The van der Waals surface area contributed by atoms with Gasteiger partial charge in [-0.2, -0.15) is 0 Å². The molecular weight excluding hydrogens is 200 g/mol. The van der Waals surface area contributed by atoms with Crippen molar-refractivity contribution in [3.05, 3.63) is 18.7 Å². The van der Waals surface area contributed by atoms with Crippen LogP contribution in [0.25, 0.3) is 0 Å². The summed E-state index contributed by atoms with van der Waals surface area (Å²) in [7, 11) is 0. The number of carbonyl (C=O) groups is 1. The second-order valence-corrected chi connectivity index (χ2v) is 1.63. The van der Waals surface area contributed by atoms with E-state index in [1.54, 1.807) is 12.4 Å². The van der Waals surface area contributed by atoms with Gasteiger partial charge in [-0.05, 0) is 0 Å². The predicted octanol–water partition coefficient (Wildman–Crippen LogP) is -2.92. The van der Waals surface area contributed by atoms with Gasteiger partial charge in [0, 0.05) is 12.4 Å². The number of halogens is 1. The summed E-state index contributed by atoms with van der Waals surface area (Å²) in [5, 5.41) is 8.24. The summed E-state index contributed by atoms with van der Waals surface area (Å²) in [5.74, 6) is -0.854. The van der Waals surface area contributed by atoms with E-state index in [9.17, 15) is 4.79 Å². The van der Waals surface area contributed by atoms with Crippen LogP contribution in [0.15, 0.2) is 18.7 Å². The van der Waals surface area contributed by atoms with E-state index >= 15 is 0 Å². The van der Waals surface area contributed by atoms with Crippen molar-refractivity contribution in [3.8, 4) is 0 Å². The Balaban J connectivity index is 0. The van der Waals surface area contributed by atoms with Crippen LogP contribution in [0.5, 0.6) is 0 Å². The summed E-state index contributed by atoms with van der Waals surface area (Å²) in [5.41, 5.74) is 0. The summed E-state index contributed by atoms with van der Waals surface area (Å²) >= 11 is 0. The Morgan fingerprint density at radius 3 is 2.90 bits per heavy atom. The van der Waals surface area contributed by atoms with Crippen LogP contribution in [0.3, 0.4) is 0 Å². The molecule has 0 unspecified atom stereocenters. The highest BCUT2D eigenvalue weighted by atomic mass is 79.9. The first-order chi connectivity index (χ1) is 4.29. The third kappa shape index (κ3) is 2.63. The number of carboxylic acid groups (broad SMARTS) is 1. The van der Waals surface area contributed by atoms with Crippen molar-refractivity contribution in [3.63, 3.8) is 0 Å². The van der Waals surface area contributed by atoms with Gasteiger partial charge in [0.05, 0.1) is 6.33 Å². The molecule has 0 aromatic carbocycles. The number of aliphatic carboxylic acids is 1. The fraction of sp³-hybridized carbons (Fsp3) is 0.200. The van der Waals surface area contributed by atoms with Gasteiger partial charge < -0.3 is 26.7 Å². The third-order valence-electron chi connectivity index (χ3n) is 0.877. The van der Waals surface area contributed by atoms with Gasteiger partial charge in [0.1, 0.15) is 6.54 Å². The Bertz CT molecular complexity index is 202. The van der Waals surface area contributed by atoms with Crippen molar-refractivity contribution in [1.29, 1.82) is 0 Å². The Morgan fingerprint density at radius 1 is 1.80 bits per heavy atom. The minimum Gasteiger partial charge on any atom is -1.00 e. The van der Waals surface area contributed by atoms with Gasteiger partial charge in [0.25, 0.3) is 0 Å². The Kier molecular flexibility index (Phi) is 3.71. The molecule has 0 saturated heterocycles. The molecule has 0 aliphatic rings. The SMILES string of the molecule is O=C(O)Cn1ccnc1.[Br-].[H+]. The van der Waals surface area contributed by atoms with E-state index < -0.39 is 5.97 Å². The molecule has 1 aromatic heterocycles. The first-order valence-corrected chi connectivity index (χ1v) is 2.46. The number of aromatic nitrogens is 2. The summed E-state index contributed by atoms with van der Waals surface area (Å²) in [4.78, 5) is 13.7. The van der Waals surface area contributed by atoms with Gasteiger partial charge in [0.2, 0.25) is 0 Å². The number of carboxylic acids is 1. The standard InChI is InChI=1S/C5H6N2O2.BrH/c8-5(9)3-7-2-1-6-4-7;/h1-2,4H,3H2,(H,8,9);1H. The van der Waals surface area contributed by atoms with Gasteiger partial charge >= 0.3 is 7.40 Å². The number of hydrogen-bond acceptors (Lipinski definition) is 2. The third-order valence-corrected chi connectivity index (χ3v) is 0.877. The van der Waals surface area contributed by atoms with Crippen molar-refractivity contribution in [2.24, 2.45) is 0 Å². The van der Waals surface area contributed by atoms with Gasteiger partial charge in [-0.25, -0.2) is 4.98 Å². The second-order valence-electron chi connectivity index (χ2n) is 1.63. The maximum Gasteiger partial charge on any atom is 1.00 e. The lowest BCUT2D eigenvalue weighted by Crippen LogP contribution is -3.00. The van der Waals surface area contributed by atoms with Crippen LogP contribution in [0.1, 0.15) is 1.43 Å². The molecule has 1 N–H and O–H groups in total. The summed E-state index contributed by atoms with van der Waals surface area (Å²) in [6.07, 6.45) is 4.62. The first-order valence-electron chi connectivity index (χ1n) is 2.46. The molecule has 1 rings (SSSR count). The van der Waals surface area contributed by atoms with Crippen LogP contribution in [-0.4, -0.2) is 20.6 Å². The zero-order valence-electron chi connectivity index (χ0n) is 6.07. The maximum absolute atomic E-state index is 10.0. The van der Waals surface area contributed by atoms with E-state index in [4.69, 9.17) is 5.11 Å². The van der Waals surface area contributed by atoms with Crippen LogP contribution in [-0.2, 0) is 11.3 Å². The normalized spacial score (nSPS) is 8.40. The molecule has 4 nitrogen and oxygen atoms in total. The molecule has 0 saturated carbocycles. The van der Waals surface area contributed by atoms with Crippen molar-refractivity contribution < 1.29 is 28.3 Å². The van der Waals surface area contributed by atoms with Crippen LogP contribution in [0.2, 0.25) is 0 Å². The average molecular weight is 207 g/mol. The predicted molar refractivity (Wildman–Crippen MR) is 31.0 cm³/mol. The molecule has 0 amide bonds. The number of imidazole rings is 1. The highest BCUT2D eigenvalue weighted by molar-refractivity contribution is 5.66. The van der Waals surface area contributed by atoms with Crippen molar-refractivity contribution in [2.75, 3.05) is 0 Å². The van der Waals surface area contributed by atoms with Crippen molar-refractivity contribution in [2.45, 2.75) is 6.54 Å². The van der Waals surface area contributed by atoms with Gasteiger partial charge in [-0.15, -0.1) is 0 Å². The number of rotatable bonds is 2. The van der Waals surface area contributed by atoms with Crippen LogP contribution < -0.4 is 17.0 Å². The molecule has 56 valence electrons. The highest BCUT2D eigenvalue weighted by Crippen LogP contribution is 1.83. The second kappa shape index (κ2) is 4.05. The zero-order chi connectivity index (χ0) is 6.69. The summed E-state index contributed by atoms with van der Waals surface area (Å²) < 4.78 is 1.49. The summed E-state index contributed by atoms with van der Waals surface area (Å²) in [6, 6.07) is 0. The largest absolute Gasteiger partial charge is 1.00 e. The molecule has 0 radical (unpaired) electrons.